The van der Waals surface area contributed by atoms with E-state index in [0.29, 0.717) is 0 Å². The first-order chi connectivity index (χ1) is 9.68. The van der Waals surface area contributed by atoms with Crippen molar-refractivity contribution in [2.24, 2.45) is 7.05 Å². The minimum atomic E-state index is -0.220. The molecule has 0 amide bonds. The molecule has 2 aliphatic carbocycles. The molecule has 0 N–H and O–H groups in total. The average molecular weight is 271 g/mol. The maximum absolute atomic E-state index is 12.4. The standard InChI is InChI=1S/C15H17N3O2/c1-16-14(19)17-12-8-9-13(18(17)15(16)20)11-5-3-2-4-10(12)6-7-11/h4-5,8-9,12-13H,2-3,6-7H2,1H3/b10-4+,11-5?. The molecule has 5 nitrogen and oxygen atoms in total. The van der Waals surface area contributed by atoms with Crippen molar-refractivity contribution in [3.8, 4) is 0 Å². The predicted molar refractivity (Wildman–Crippen MR) is 75.8 cm³/mol. The molecule has 3 heterocycles. The van der Waals surface area contributed by atoms with Crippen LogP contribution >= 0.6 is 0 Å². The Morgan fingerprint density at radius 3 is 1.80 bits per heavy atom. The van der Waals surface area contributed by atoms with Crippen LogP contribution in [0.4, 0.5) is 0 Å². The van der Waals surface area contributed by atoms with Gasteiger partial charge in [-0.3, -0.25) is 0 Å². The first kappa shape index (κ1) is 11.8. The van der Waals surface area contributed by atoms with E-state index in [4.69, 9.17) is 0 Å². The van der Waals surface area contributed by atoms with Crippen LogP contribution in [0.15, 0.2) is 45.0 Å². The second kappa shape index (κ2) is 3.98. The van der Waals surface area contributed by atoms with Crippen LogP contribution in [0, 0.1) is 0 Å². The van der Waals surface area contributed by atoms with Gasteiger partial charge in [0, 0.05) is 7.05 Å². The van der Waals surface area contributed by atoms with Crippen LogP contribution in [0.25, 0.3) is 0 Å². The van der Waals surface area contributed by atoms with Gasteiger partial charge in [-0.05, 0) is 36.8 Å². The van der Waals surface area contributed by atoms with E-state index in [9.17, 15) is 9.59 Å². The first-order valence-electron chi connectivity index (χ1n) is 7.14. The third kappa shape index (κ3) is 1.38. The van der Waals surface area contributed by atoms with E-state index >= 15 is 0 Å². The van der Waals surface area contributed by atoms with Crippen molar-refractivity contribution >= 4 is 0 Å². The van der Waals surface area contributed by atoms with E-state index in [-0.39, 0.29) is 23.5 Å². The Morgan fingerprint density at radius 2 is 1.35 bits per heavy atom. The third-order valence-electron chi connectivity index (χ3n) is 4.64. The largest absolute Gasteiger partial charge is 0.347 e. The van der Waals surface area contributed by atoms with Crippen LogP contribution in [0.1, 0.15) is 37.8 Å². The molecule has 0 fully saturated rings. The van der Waals surface area contributed by atoms with Crippen LogP contribution in [0.3, 0.4) is 0 Å². The summed E-state index contributed by atoms with van der Waals surface area (Å²) in [7, 11) is 1.56. The van der Waals surface area contributed by atoms with E-state index in [1.807, 2.05) is 0 Å². The zero-order valence-electron chi connectivity index (χ0n) is 11.5. The van der Waals surface area contributed by atoms with Gasteiger partial charge < -0.3 is 0 Å². The Balaban J connectivity index is 2.12. The highest BCUT2D eigenvalue weighted by Crippen LogP contribution is 2.38. The number of rotatable bonds is 0. The summed E-state index contributed by atoms with van der Waals surface area (Å²) in [6, 6.07) is -0.181. The van der Waals surface area contributed by atoms with E-state index in [1.54, 1.807) is 16.4 Å². The van der Waals surface area contributed by atoms with Crippen LogP contribution < -0.4 is 11.4 Å². The fourth-order valence-electron chi connectivity index (χ4n) is 3.58. The Kier molecular flexibility index (Phi) is 2.34. The second-order valence-electron chi connectivity index (χ2n) is 5.72. The zero-order valence-corrected chi connectivity index (χ0v) is 11.5. The number of nitrogens with zero attached hydrogens (tertiary/aromatic N) is 3. The lowest BCUT2D eigenvalue weighted by Crippen LogP contribution is -2.38. The van der Waals surface area contributed by atoms with Gasteiger partial charge in [0.05, 0.1) is 12.1 Å². The molecule has 2 unspecified atom stereocenters. The van der Waals surface area contributed by atoms with Crippen molar-refractivity contribution in [3.05, 3.63) is 56.4 Å². The highest BCUT2D eigenvalue weighted by atomic mass is 16.2. The van der Waals surface area contributed by atoms with E-state index in [0.717, 1.165) is 25.7 Å². The molecule has 0 saturated heterocycles. The first-order valence-corrected chi connectivity index (χ1v) is 7.14. The Hall–Kier alpha value is -2.04. The molecule has 4 aliphatic rings. The van der Waals surface area contributed by atoms with Crippen molar-refractivity contribution in [3.63, 3.8) is 0 Å². The molecule has 1 aromatic rings. The van der Waals surface area contributed by atoms with Gasteiger partial charge in [-0.25, -0.2) is 23.5 Å². The summed E-state index contributed by atoms with van der Waals surface area (Å²) in [4.78, 5) is 24.8. The van der Waals surface area contributed by atoms with Gasteiger partial charge in [-0.15, -0.1) is 0 Å². The summed E-state index contributed by atoms with van der Waals surface area (Å²) in [5.41, 5.74) is 2.07. The van der Waals surface area contributed by atoms with Crippen molar-refractivity contribution in [2.45, 2.75) is 37.8 Å². The molecule has 4 bridgehead atoms. The van der Waals surface area contributed by atoms with Crippen LogP contribution in [0.2, 0.25) is 0 Å². The van der Waals surface area contributed by atoms with E-state index in [1.165, 1.54) is 15.7 Å². The minimum absolute atomic E-state index is 0.0905. The van der Waals surface area contributed by atoms with Crippen molar-refractivity contribution < 1.29 is 0 Å². The summed E-state index contributed by atoms with van der Waals surface area (Å²) in [6.07, 6.45) is 12.6. The van der Waals surface area contributed by atoms with Gasteiger partial charge in [0.2, 0.25) is 0 Å². The molecule has 5 rings (SSSR count). The zero-order chi connectivity index (χ0) is 13.9. The monoisotopic (exact) mass is 271 g/mol. The maximum atomic E-state index is 12.4. The molecule has 0 saturated carbocycles. The smallest absolute Gasteiger partial charge is 0.246 e. The Bertz CT molecular complexity index is 722. The highest BCUT2D eigenvalue weighted by molar-refractivity contribution is 5.31. The lowest BCUT2D eigenvalue weighted by Gasteiger charge is -2.34. The van der Waals surface area contributed by atoms with E-state index in [2.05, 4.69) is 24.3 Å². The molecule has 104 valence electrons. The summed E-state index contributed by atoms with van der Waals surface area (Å²) in [6.45, 7) is 0. The Morgan fingerprint density at radius 1 is 0.900 bits per heavy atom. The van der Waals surface area contributed by atoms with Crippen LogP contribution in [0.5, 0.6) is 0 Å². The summed E-state index contributed by atoms with van der Waals surface area (Å²) >= 11 is 0. The number of hydrogen-bond acceptors (Lipinski definition) is 2. The molecule has 2 atom stereocenters. The van der Waals surface area contributed by atoms with Gasteiger partial charge in [0.15, 0.2) is 0 Å². The van der Waals surface area contributed by atoms with E-state index < -0.39 is 0 Å². The molecular weight excluding hydrogens is 254 g/mol. The topological polar surface area (TPSA) is 48.9 Å². The summed E-state index contributed by atoms with van der Waals surface area (Å²) in [5.74, 6) is 0. The minimum Gasteiger partial charge on any atom is -0.246 e. The maximum Gasteiger partial charge on any atom is 0.347 e. The fraction of sp³-hybridized carbons (Fsp3) is 0.467. The molecule has 1 aromatic heterocycles. The van der Waals surface area contributed by atoms with Gasteiger partial charge in [0.25, 0.3) is 0 Å². The number of hydrogen-bond donors (Lipinski definition) is 0. The molecular formula is C15H17N3O2. The SMILES string of the molecule is Cn1c(=O)n2n(c1=O)C1C=CC2C2=CCC/C=C/1CC2. The normalized spacial score (nSPS) is 29.9. The highest BCUT2D eigenvalue weighted by Gasteiger charge is 2.33. The lowest BCUT2D eigenvalue weighted by molar-refractivity contribution is 0.369. The van der Waals surface area contributed by atoms with Crippen LogP contribution in [-0.4, -0.2) is 13.9 Å². The molecule has 2 aliphatic heterocycles. The number of allylic oxidation sites excluding steroid dienone is 6. The van der Waals surface area contributed by atoms with Crippen LogP contribution in [-0.2, 0) is 7.05 Å². The summed E-state index contributed by atoms with van der Waals surface area (Å²) < 4.78 is 4.49. The lowest BCUT2D eigenvalue weighted by atomic mass is 9.86. The van der Waals surface area contributed by atoms with Gasteiger partial charge in [-0.1, -0.05) is 24.3 Å². The quantitative estimate of drug-likeness (QED) is 0.670. The second-order valence-corrected chi connectivity index (χ2v) is 5.72. The van der Waals surface area contributed by atoms with Crippen molar-refractivity contribution in [1.29, 1.82) is 0 Å². The molecule has 20 heavy (non-hydrogen) atoms. The van der Waals surface area contributed by atoms with Gasteiger partial charge >= 0.3 is 11.4 Å². The fourth-order valence-corrected chi connectivity index (χ4v) is 3.58. The third-order valence-corrected chi connectivity index (χ3v) is 4.64. The molecule has 5 heteroatoms. The van der Waals surface area contributed by atoms with Crippen molar-refractivity contribution in [1.82, 2.24) is 13.9 Å². The average Bonchev–Trinajstić information content (AvgIpc) is 2.63. The molecule has 0 aromatic carbocycles. The van der Waals surface area contributed by atoms with Gasteiger partial charge in [0.1, 0.15) is 0 Å². The Labute approximate surface area is 116 Å². The molecule has 0 spiro atoms. The molecule has 0 radical (unpaired) electrons. The van der Waals surface area contributed by atoms with Crippen molar-refractivity contribution in [2.75, 3.05) is 0 Å². The number of aromatic nitrogens is 3. The predicted octanol–water partition coefficient (Wildman–Crippen LogP) is 1.44. The van der Waals surface area contributed by atoms with Gasteiger partial charge in [-0.2, -0.15) is 0 Å². The summed E-state index contributed by atoms with van der Waals surface area (Å²) in [5, 5.41) is 0.